The van der Waals surface area contributed by atoms with Crippen molar-refractivity contribution >= 4 is 11.7 Å². The maximum atomic E-state index is 13.8. The lowest BCUT2D eigenvalue weighted by Gasteiger charge is -2.34. The molecule has 0 aliphatic carbocycles. The van der Waals surface area contributed by atoms with Gasteiger partial charge in [-0.05, 0) is 24.6 Å². The summed E-state index contributed by atoms with van der Waals surface area (Å²) >= 11 is 0. The van der Waals surface area contributed by atoms with E-state index in [0.29, 0.717) is 11.3 Å². The molecule has 2 atom stereocenters. The number of aromatic nitrogens is 3. The Labute approximate surface area is 175 Å². The third kappa shape index (κ3) is 4.37. The van der Waals surface area contributed by atoms with Gasteiger partial charge in [0.25, 0.3) is 5.91 Å². The summed E-state index contributed by atoms with van der Waals surface area (Å²) in [5.41, 5.74) is 2.09. The number of nitrogens with zero attached hydrogens (tertiary/aromatic N) is 3. The van der Waals surface area contributed by atoms with Gasteiger partial charge in [-0.3, -0.25) is 9.78 Å². The van der Waals surface area contributed by atoms with E-state index in [0.717, 1.165) is 22.6 Å². The number of alkyl halides is 3. The molecule has 2 N–H and O–H groups in total. The number of pyridine rings is 1. The number of nitrogens with one attached hydrogen (secondary N) is 2. The molecule has 162 valence electrons. The van der Waals surface area contributed by atoms with Crippen LogP contribution in [0.1, 0.15) is 45.7 Å². The topological polar surface area (TPSA) is 71.8 Å². The Morgan fingerprint density at radius 2 is 1.94 bits per heavy atom. The average molecular weight is 433 g/mol. The van der Waals surface area contributed by atoms with Crippen LogP contribution in [0.5, 0.6) is 0 Å². The van der Waals surface area contributed by atoms with Crippen LogP contribution in [0.2, 0.25) is 0 Å². The van der Waals surface area contributed by atoms with Crippen molar-refractivity contribution in [3.8, 4) is 0 Å². The zero-order valence-electron chi connectivity index (χ0n) is 16.4. The lowest BCUT2D eigenvalue weighted by Crippen LogP contribution is -2.36. The Hall–Kier alpha value is -3.43. The molecule has 6 nitrogen and oxygen atoms in total. The van der Waals surface area contributed by atoms with Gasteiger partial charge in [0.05, 0.1) is 30.7 Å². The minimum Gasteiger partial charge on any atom is -0.363 e. The van der Waals surface area contributed by atoms with Crippen molar-refractivity contribution in [1.82, 2.24) is 20.1 Å². The number of halogens is 4. The highest BCUT2D eigenvalue weighted by molar-refractivity contribution is 5.98. The van der Waals surface area contributed by atoms with E-state index in [2.05, 4.69) is 20.7 Å². The number of amides is 1. The summed E-state index contributed by atoms with van der Waals surface area (Å²) in [5, 5.41) is 9.48. The molecule has 10 heteroatoms. The van der Waals surface area contributed by atoms with Crippen molar-refractivity contribution in [1.29, 1.82) is 0 Å². The fourth-order valence-corrected chi connectivity index (χ4v) is 3.52. The molecule has 0 radical (unpaired) electrons. The number of hydrogen-bond acceptors (Lipinski definition) is 4. The molecule has 0 fully saturated rings. The molecule has 1 aliphatic rings. The zero-order valence-corrected chi connectivity index (χ0v) is 16.4. The van der Waals surface area contributed by atoms with Crippen molar-refractivity contribution in [3.05, 3.63) is 77.0 Å². The number of benzene rings is 1. The summed E-state index contributed by atoms with van der Waals surface area (Å²) in [4.78, 5) is 16.5. The summed E-state index contributed by atoms with van der Waals surface area (Å²) in [5.74, 6) is -1.11. The Kier molecular flexibility index (Phi) is 5.38. The van der Waals surface area contributed by atoms with E-state index >= 15 is 0 Å². The van der Waals surface area contributed by atoms with Gasteiger partial charge in [0.15, 0.2) is 6.04 Å². The van der Waals surface area contributed by atoms with Gasteiger partial charge in [-0.2, -0.15) is 18.3 Å². The average Bonchev–Trinajstić information content (AvgIpc) is 3.16. The molecule has 0 bridgehead atoms. The molecule has 0 spiro atoms. The van der Waals surface area contributed by atoms with Crippen LogP contribution in [0, 0.1) is 12.7 Å². The third-order valence-electron chi connectivity index (χ3n) is 5.18. The first-order chi connectivity index (χ1) is 14.7. The lowest BCUT2D eigenvalue weighted by atomic mass is 9.96. The molecule has 31 heavy (non-hydrogen) atoms. The molecular formula is C21H19F4N5O. The second-order valence-corrected chi connectivity index (χ2v) is 7.40. The third-order valence-corrected chi connectivity index (χ3v) is 5.18. The number of fused-ring (bicyclic) bond motifs is 1. The van der Waals surface area contributed by atoms with Crippen molar-refractivity contribution in [2.75, 3.05) is 5.32 Å². The van der Waals surface area contributed by atoms with Gasteiger partial charge in [0.2, 0.25) is 0 Å². The zero-order chi connectivity index (χ0) is 22.2. The smallest absolute Gasteiger partial charge is 0.363 e. The first-order valence-electron chi connectivity index (χ1n) is 9.58. The van der Waals surface area contributed by atoms with Crippen molar-refractivity contribution in [2.24, 2.45) is 0 Å². The molecule has 4 rings (SSSR count). The van der Waals surface area contributed by atoms with Crippen LogP contribution >= 0.6 is 0 Å². The van der Waals surface area contributed by atoms with Crippen molar-refractivity contribution in [2.45, 2.75) is 38.1 Å². The molecule has 3 aromatic rings. The van der Waals surface area contributed by atoms with Gasteiger partial charge in [-0.1, -0.05) is 29.8 Å². The van der Waals surface area contributed by atoms with Crippen LogP contribution in [0.4, 0.5) is 23.4 Å². The van der Waals surface area contributed by atoms with E-state index in [-0.39, 0.29) is 24.3 Å². The van der Waals surface area contributed by atoms with E-state index in [1.807, 2.05) is 19.1 Å². The standard InChI is InChI=1S/C21H19F4N5O/c1-12-2-4-13(5-3-12)17-8-18(21(23,24)25)30-19(29-17)16(11-28-30)20(31)27-10-15-7-6-14(22)9-26-15/h2-7,9,11,17-18,29H,8,10H2,1H3,(H,27,31)/t17-,18+/m1/s1. The number of rotatable bonds is 4. The van der Waals surface area contributed by atoms with Crippen LogP contribution in [0.25, 0.3) is 0 Å². The first kappa shape index (κ1) is 20.8. The van der Waals surface area contributed by atoms with Gasteiger partial charge in [-0.25, -0.2) is 9.07 Å². The minimum atomic E-state index is -4.53. The molecule has 2 aromatic heterocycles. The van der Waals surface area contributed by atoms with Gasteiger partial charge in [-0.15, -0.1) is 0 Å². The first-order valence-corrected chi connectivity index (χ1v) is 9.58. The summed E-state index contributed by atoms with van der Waals surface area (Å²) < 4.78 is 55.1. The minimum absolute atomic E-state index is 0.00344. The second-order valence-electron chi connectivity index (χ2n) is 7.40. The quantitative estimate of drug-likeness (QED) is 0.602. The van der Waals surface area contributed by atoms with Crippen LogP contribution in [-0.4, -0.2) is 26.8 Å². The van der Waals surface area contributed by atoms with Crippen LogP contribution in [0.3, 0.4) is 0 Å². The lowest BCUT2D eigenvalue weighted by molar-refractivity contribution is -0.173. The normalized spacial score (nSPS) is 18.2. The molecule has 1 aliphatic heterocycles. The van der Waals surface area contributed by atoms with Crippen LogP contribution in [0.15, 0.2) is 48.8 Å². The van der Waals surface area contributed by atoms with Crippen LogP contribution in [-0.2, 0) is 6.54 Å². The highest BCUT2D eigenvalue weighted by Crippen LogP contribution is 2.44. The van der Waals surface area contributed by atoms with Gasteiger partial charge >= 0.3 is 6.18 Å². The molecule has 1 amide bonds. The molecular weight excluding hydrogens is 414 g/mol. The van der Waals surface area contributed by atoms with Crippen molar-refractivity contribution < 1.29 is 22.4 Å². The molecule has 3 heterocycles. The number of hydrogen-bond donors (Lipinski definition) is 2. The second kappa shape index (κ2) is 8.01. The number of anilines is 1. The van der Waals surface area contributed by atoms with Gasteiger partial charge < -0.3 is 10.6 Å². The summed E-state index contributed by atoms with van der Waals surface area (Å²) in [6.07, 6.45) is -2.64. The van der Waals surface area contributed by atoms with Gasteiger partial charge in [0.1, 0.15) is 17.2 Å². The van der Waals surface area contributed by atoms with E-state index in [9.17, 15) is 22.4 Å². The van der Waals surface area contributed by atoms with Crippen LogP contribution < -0.4 is 10.6 Å². The van der Waals surface area contributed by atoms with E-state index in [1.54, 1.807) is 12.1 Å². The SMILES string of the molecule is Cc1ccc([C@H]2C[C@@H](C(F)(F)F)n3ncc(C(=O)NCc4ccc(F)cn4)c3N2)cc1. The molecule has 0 saturated heterocycles. The number of carbonyl (C=O) groups is 1. The number of aryl methyl sites for hydroxylation is 1. The summed E-state index contributed by atoms with van der Waals surface area (Å²) in [6, 6.07) is 7.31. The Bertz CT molecular complexity index is 1080. The van der Waals surface area contributed by atoms with E-state index < -0.39 is 30.0 Å². The predicted molar refractivity (Wildman–Crippen MR) is 105 cm³/mol. The Morgan fingerprint density at radius 1 is 1.19 bits per heavy atom. The predicted octanol–water partition coefficient (Wildman–Crippen LogP) is 4.32. The maximum absolute atomic E-state index is 13.8. The molecule has 0 unspecified atom stereocenters. The Balaban J connectivity index is 1.60. The van der Waals surface area contributed by atoms with Gasteiger partial charge in [0, 0.05) is 6.42 Å². The fraction of sp³-hybridized carbons (Fsp3) is 0.286. The maximum Gasteiger partial charge on any atom is 0.410 e. The fourth-order valence-electron chi connectivity index (χ4n) is 3.52. The summed E-state index contributed by atoms with van der Waals surface area (Å²) in [7, 11) is 0. The van der Waals surface area contributed by atoms with E-state index in [1.165, 1.54) is 12.1 Å². The highest BCUT2D eigenvalue weighted by atomic mass is 19.4. The monoisotopic (exact) mass is 433 g/mol. The highest BCUT2D eigenvalue weighted by Gasteiger charge is 2.47. The van der Waals surface area contributed by atoms with E-state index in [4.69, 9.17) is 0 Å². The summed E-state index contributed by atoms with van der Waals surface area (Å²) in [6.45, 7) is 1.89. The Morgan fingerprint density at radius 3 is 2.58 bits per heavy atom. The largest absolute Gasteiger partial charge is 0.410 e. The molecule has 1 aromatic carbocycles. The number of carbonyl (C=O) groups excluding carboxylic acids is 1. The molecule has 0 saturated carbocycles. The van der Waals surface area contributed by atoms with Crippen molar-refractivity contribution in [3.63, 3.8) is 0 Å².